The lowest BCUT2D eigenvalue weighted by Crippen LogP contribution is -2.47. The van der Waals surface area contributed by atoms with Gasteiger partial charge in [-0.3, -0.25) is 4.90 Å². The molecule has 1 aromatic heterocycles. The third-order valence-corrected chi connectivity index (χ3v) is 2.70. The van der Waals surface area contributed by atoms with E-state index < -0.39 is 0 Å². The van der Waals surface area contributed by atoms with Crippen molar-refractivity contribution in [3.8, 4) is 0 Å². The molecule has 0 saturated heterocycles. The van der Waals surface area contributed by atoms with Crippen LogP contribution in [0.4, 0.5) is 0 Å². The van der Waals surface area contributed by atoms with Crippen molar-refractivity contribution in [2.24, 2.45) is 0 Å². The fourth-order valence-corrected chi connectivity index (χ4v) is 2.18. The van der Waals surface area contributed by atoms with E-state index in [0.717, 1.165) is 18.7 Å². The van der Waals surface area contributed by atoms with E-state index in [1.165, 1.54) is 0 Å². The topological polar surface area (TPSA) is 28.2 Å². The number of thiocarbonyl (C=S) groups is 1. The van der Waals surface area contributed by atoms with Gasteiger partial charge >= 0.3 is 0 Å². The van der Waals surface area contributed by atoms with Crippen LogP contribution >= 0.6 is 23.8 Å². The first-order chi connectivity index (χ1) is 7.93. The Morgan fingerprint density at radius 1 is 1.53 bits per heavy atom. The van der Waals surface area contributed by atoms with Crippen LogP contribution in [0.25, 0.3) is 0 Å². The van der Waals surface area contributed by atoms with Crippen molar-refractivity contribution < 1.29 is 0 Å². The molecule has 1 N–H and O–H groups in total. The molecule has 0 amide bonds. The van der Waals surface area contributed by atoms with Gasteiger partial charge in [-0.05, 0) is 32.5 Å². The molecule has 0 aliphatic rings. The highest BCUT2D eigenvalue weighted by molar-refractivity contribution is 7.78. The first kappa shape index (κ1) is 14.4. The van der Waals surface area contributed by atoms with Gasteiger partial charge in [0.05, 0.1) is 5.49 Å². The molecule has 3 nitrogen and oxygen atoms in total. The van der Waals surface area contributed by atoms with Crippen LogP contribution in [0.5, 0.6) is 0 Å². The van der Waals surface area contributed by atoms with Crippen LogP contribution < -0.4 is 5.32 Å². The molecule has 0 aromatic carbocycles. The summed E-state index contributed by atoms with van der Waals surface area (Å²) >= 11 is 10.6. The Kier molecular flexibility index (Phi) is 5.31. The van der Waals surface area contributed by atoms with Gasteiger partial charge in [-0.2, -0.15) is 0 Å². The van der Waals surface area contributed by atoms with Gasteiger partial charge < -0.3 is 5.32 Å². The van der Waals surface area contributed by atoms with E-state index in [2.05, 4.69) is 36.1 Å². The maximum absolute atomic E-state index is 5.75. The molecule has 5 heteroatoms. The second-order valence-electron chi connectivity index (χ2n) is 4.81. The second-order valence-corrected chi connectivity index (χ2v) is 5.43. The van der Waals surface area contributed by atoms with Gasteiger partial charge in [0.25, 0.3) is 0 Å². The van der Waals surface area contributed by atoms with Crippen molar-refractivity contribution in [2.75, 3.05) is 13.6 Å². The molecule has 1 rings (SSSR count). The summed E-state index contributed by atoms with van der Waals surface area (Å²) in [6, 6.07) is 3.80. The largest absolute Gasteiger partial charge is 0.376 e. The third kappa shape index (κ3) is 5.44. The van der Waals surface area contributed by atoms with Crippen molar-refractivity contribution >= 4 is 29.3 Å². The van der Waals surface area contributed by atoms with Crippen LogP contribution in [0.2, 0.25) is 5.15 Å². The Morgan fingerprint density at radius 3 is 2.76 bits per heavy atom. The summed E-state index contributed by atoms with van der Waals surface area (Å²) in [4.78, 5) is 6.28. The molecule has 17 heavy (non-hydrogen) atoms. The van der Waals surface area contributed by atoms with Crippen LogP contribution in [-0.4, -0.2) is 34.5 Å². The molecule has 0 atom stereocenters. The van der Waals surface area contributed by atoms with Gasteiger partial charge in [-0.1, -0.05) is 29.9 Å². The molecule has 1 heterocycles. The first-order valence-electron chi connectivity index (χ1n) is 5.43. The zero-order chi connectivity index (χ0) is 12.9. The van der Waals surface area contributed by atoms with E-state index in [1.54, 1.807) is 11.7 Å². The molecule has 0 saturated carbocycles. The zero-order valence-corrected chi connectivity index (χ0v) is 12.0. The number of hydrogen-bond acceptors (Lipinski definition) is 3. The highest BCUT2D eigenvalue weighted by atomic mass is 35.5. The van der Waals surface area contributed by atoms with Gasteiger partial charge in [0.1, 0.15) is 5.15 Å². The summed E-state index contributed by atoms with van der Waals surface area (Å²) in [6.07, 6.45) is 1.80. The van der Waals surface area contributed by atoms with E-state index in [0.29, 0.717) is 5.15 Å². The van der Waals surface area contributed by atoms with Crippen molar-refractivity contribution in [3.05, 3.63) is 29.0 Å². The fraction of sp³-hybridized carbons (Fsp3) is 0.500. The predicted octanol–water partition coefficient (Wildman–Crippen LogP) is 2.49. The molecule has 0 fully saturated rings. The van der Waals surface area contributed by atoms with Crippen LogP contribution in [0.1, 0.15) is 19.4 Å². The smallest absolute Gasteiger partial charge is 0.129 e. The van der Waals surface area contributed by atoms with Gasteiger partial charge in [0.15, 0.2) is 0 Å². The molecule has 0 aliphatic carbocycles. The Balaban J connectivity index is 2.52. The monoisotopic (exact) mass is 271 g/mol. The highest BCUT2D eigenvalue weighted by Crippen LogP contribution is 2.10. The Bertz CT molecular complexity index is 365. The summed E-state index contributed by atoms with van der Waals surface area (Å²) in [7, 11) is 2.07. The number of pyridine rings is 1. The number of hydrogen-bond donors (Lipinski definition) is 1. The third-order valence-electron chi connectivity index (χ3n) is 2.36. The average Bonchev–Trinajstić information content (AvgIpc) is 2.20. The van der Waals surface area contributed by atoms with Crippen LogP contribution in [0.3, 0.4) is 0 Å². The van der Waals surface area contributed by atoms with Gasteiger partial charge in [0.2, 0.25) is 0 Å². The molecule has 1 aromatic rings. The molecular weight excluding hydrogens is 254 g/mol. The Hall–Kier alpha value is -0.710. The maximum Gasteiger partial charge on any atom is 0.129 e. The summed E-state index contributed by atoms with van der Waals surface area (Å²) in [6.45, 7) is 5.97. The number of nitrogens with one attached hydrogen (secondary N) is 1. The van der Waals surface area contributed by atoms with Crippen molar-refractivity contribution in [2.45, 2.75) is 25.9 Å². The normalized spacial score (nSPS) is 11.6. The lowest BCUT2D eigenvalue weighted by atomic mass is 10.1. The summed E-state index contributed by atoms with van der Waals surface area (Å²) in [5, 5.41) is 3.69. The second kappa shape index (κ2) is 6.28. The van der Waals surface area contributed by atoms with Crippen LogP contribution in [0, 0.1) is 0 Å². The minimum Gasteiger partial charge on any atom is -0.376 e. The quantitative estimate of drug-likeness (QED) is 0.636. The fourth-order valence-electron chi connectivity index (χ4n) is 1.75. The standard InChI is InChI=1S/C12H18ClN3S/c1-12(2,15-9-17)8-16(3)7-10-4-5-11(13)14-6-10/h4-6,9H,7-8H2,1-3H3,(H,15,17). The molecule has 0 aliphatic heterocycles. The van der Waals surface area contributed by atoms with Crippen LogP contribution in [0.15, 0.2) is 18.3 Å². The van der Waals surface area contributed by atoms with Crippen molar-refractivity contribution in [1.29, 1.82) is 0 Å². The predicted molar refractivity (Wildman–Crippen MR) is 76.5 cm³/mol. The minimum absolute atomic E-state index is 0.0314. The molecular formula is C12H18ClN3S. The van der Waals surface area contributed by atoms with Crippen molar-refractivity contribution in [1.82, 2.24) is 15.2 Å². The van der Waals surface area contributed by atoms with Gasteiger partial charge in [0, 0.05) is 24.8 Å². The van der Waals surface area contributed by atoms with E-state index in [1.807, 2.05) is 12.1 Å². The van der Waals surface area contributed by atoms with E-state index in [9.17, 15) is 0 Å². The summed E-state index contributed by atoms with van der Waals surface area (Å²) in [5.74, 6) is 0. The molecule has 0 radical (unpaired) electrons. The van der Waals surface area contributed by atoms with Gasteiger partial charge in [-0.15, -0.1) is 0 Å². The van der Waals surface area contributed by atoms with E-state index in [-0.39, 0.29) is 5.54 Å². The summed E-state index contributed by atoms with van der Waals surface area (Å²) in [5.41, 5.74) is 2.68. The number of aromatic nitrogens is 1. The lowest BCUT2D eigenvalue weighted by molar-refractivity contribution is 0.250. The Morgan fingerprint density at radius 2 is 2.24 bits per heavy atom. The zero-order valence-electron chi connectivity index (χ0n) is 10.4. The number of halogens is 1. The molecule has 0 bridgehead atoms. The minimum atomic E-state index is -0.0314. The summed E-state index contributed by atoms with van der Waals surface area (Å²) < 4.78 is 0. The van der Waals surface area contributed by atoms with Crippen molar-refractivity contribution in [3.63, 3.8) is 0 Å². The molecule has 0 spiro atoms. The number of nitrogens with zero attached hydrogens (tertiary/aromatic N) is 2. The van der Waals surface area contributed by atoms with E-state index in [4.69, 9.17) is 23.8 Å². The number of likely N-dealkylation sites (N-methyl/N-ethyl adjacent to an activating group) is 1. The lowest BCUT2D eigenvalue weighted by Gasteiger charge is -2.30. The first-order valence-corrected chi connectivity index (χ1v) is 6.28. The maximum atomic E-state index is 5.75. The highest BCUT2D eigenvalue weighted by Gasteiger charge is 2.18. The van der Waals surface area contributed by atoms with E-state index >= 15 is 0 Å². The average molecular weight is 272 g/mol. The van der Waals surface area contributed by atoms with Gasteiger partial charge in [-0.25, -0.2) is 4.98 Å². The molecule has 0 unspecified atom stereocenters. The van der Waals surface area contributed by atoms with Crippen LogP contribution in [-0.2, 0) is 6.54 Å². The number of rotatable bonds is 6. The Labute approximate surface area is 113 Å². The molecule has 94 valence electrons. The SMILES string of the molecule is CN(Cc1ccc(Cl)nc1)CC(C)(C)NC=S.